The monoisotopic (exact) mass is 290 g/mol. The second kappa shape index (κ2) is 5.42. The lowest BCUT2D eigenvalue weighted by atomic mass is 9.84. The third-order valence-corrected chi connectivity index (χ3v) is 4.56. The van der Waals surface area contributed by atoms with Crippen molar-refractivity contribution >= 4 is 23.6 Å². The van der Waals surface area contributed by atoms with Gasteiger partial charge < -0.3 is 0 Å². The van der Waals surface area contributed by atoms with Crippen LogP contribution in [-0.2, 0) is 19.2 Å². The van der Waals surface area contributed by atoms with Crippen molar-refractivity contribution in [2.24, 2.45) is 5.92 Å². The molecule has 21 heavy (non-hydrogen) atoms. The topological polar surface area (TPSA) is 74.8 Å². The fourth-order valence-corrected chi connectivity index (χ4v) is 3.52. The SMILES string of the molecule is O=C1CCC(=O)N1CC1CCCC(N2C(=O)C=CC2=O)C1. The van der Waals surface area contributed by atoms with Gasteiger partial charge in [0.05, 0.1) is 0 Å². The van der Waals surface area contributed by atoms with Crippen LogP contribution in [0.4, 0.5) is 0 Å². The van der Waals surface area contributed by atoms with Crippen LogP contribution in [0.5, 0.6) is 0 Å². The van der Waals surface area contributed by atoms with Crippen LogP contribution >= 0.6 is 0 Å². The third kappa shape index (κ3) is 2.62. The van der Waals surface area contributed by atoms with Crippen molar-refractivity contribution in [3.63, 3.8) is 0 Å². The van der Waals surface area contributed by atoms with Gasteiger partial charge in [0.2, 0.25) is 11.8 Å². The van der Waals surface area contributed by atoms with Gasteiger partial charge in [0.15, 0.2) is 0 Å². The van der Waals surface area contributed by atoms with Crippen molar-refractivity contribution in [1.82, 2.24) is 9.80 Å². The predicted molar refractivity (Wildman–Crippen MR) is 72.7 cm³/mol. The van der Waals surface area contributed by atoms with Crippen molar-refractivity contribution in [2.45, 2.75) is 44.6 Å². The Morgan fingerprint density at radius 3 is 2.19 bits per heavy atom. The number of imide groups is 2. The second-order valence-electron chi connectivity index (χ2n) is 5.96. The van der Waals surface area contributed by atoms with Gasteiger partial charge in [-0.1, -0.05) is 6.42 Å². The van der Waals surface area contributed by atoms with E-state index in [1.165, 1.54) is 22.0 Å². The van der Waals surface area contributed by atoms with E-state index in [-0.39, 0.29) is 35.6 Å². The molecule has 112 valence electrons. The summed E-state index contributed by atoms with van der Waals surface area (Å²) in [6.07, 6.45) is 6.54. The van der Waals surface area contributed by atoms with E-state index in [1.54, 1.807) is 0 Å². The van der Waals surface area contributed by atoms with Crippen LogP contribution in [0, 0.1) is 5.92 Å². The molecule has 6 nitrogen and oxygen atoms in total. The minimum Gasteiger partial charge on any atom is -0.282 e. The van der Waals surface area contributed by atoms with E-state index >= 15 is 0 Å². The average Bonchev–Trinajstić information content (AvgIpc) is 2.96. The molecule has 2 unspecified atom stereocenters. The molecule has 0 aromatic heterocycles. The Morgan fingerprint density at radius 1 is 0.952 bits per heavy atom. The quantitative estimate of drug-likeness (QED) is 0.714. The summed E-state index contributed by atoms with van der Waals surface area (Å²) in [7, 11) is 0. The van der Waals surface area contributed by atoms with Crippen LogP contribution in [0.1, 0.15) is 38.5 Å². The molecule has 2 aliphatic heterocycles. The Balaban J connectivity index is 1.63. The fraction of sp³-hybridized carbons (Fsp3) is 0.600. The van der Waals surface area contributed by atoms with Gasteiger partial charge >= 0.3 is 0 Å². The number of carbonyl (C=O) groups is 4. The molecule has 3 rings (SSSR count). The number of carbonyl (C=O) groups excluding carboxylic acids is 4. The van der Waals surface area contributed by atoms with E-state index in [2.05, 4.69) is 0 Å². The fourth-order valence-electron chi connectivity index (χ4n) is 3.52. The molecular formula is C15H18N2O4. The molecule has 6 heteroatoms. The van der Waals surface area contributed by atoms with Gasteiger partial charge in [0, 0.05) is 37.6 Å². The predicted octanol–water partition coefficient (Wildman–Crippen LogP) is 0.619. The lowest BCUT2D eigenvalue weighted by molar-refractivity contribution is -0.143. The first kappa shape index (κ1) is 14.0. The molecule has 0 N–H and O–H groups in total. The summed E-state index contributed by atoms with van der Waals surface area (Å²) in [5, 5.41) is 0. The number of hydrogen-bond acceptors (Lipinski definition) is 4. The first-order chi connectivity index (χ1) is 10.1. The Hall–Kier alpha value is -1.98. The Bertz CT molecular complexity index is 506. The summed E-state index contributed by atoms with van der Waals surface area (Å²) in [4.78, 5) is 49.5. The maximum atomic E-state index is 11.7. The highest BCUT2D eigenvalue weighted by Gasteiger charge is 2.37. The summed E-state index contributed by atoms with van der Waals surface area (Å²) in [5.74, 6) is -0.525. The Labute approximate surface area is 122 Å². The van der Waals surface area contributed by atoms with Crippen molar-refractivity contribution < 1.29 is 19.2 Å². The maximum Gasteiger partial charge on any atom is 0.253 e. The van der Waals surface area contributed by atoms with Gasteiger partial charge in [-0.05, 0) is 25.2 Å². The van der Waals surface area contributed by atoms with Crippen molar-refractivity contribution in [3.05, 3.63) is 12.2 Å². The van der Waals surface area contributed by atoms with Crippen molar-refractivity contribution in [3.8, 4) is 0 Å². The Kier molecular flexibility index (Phi) is 3.61. The number of rotatable bonds is 3. The largest absolute Gasteiger partial charge is 0.282 e. The van der Waals surface area contributed by atoms with Crippen LogP contribution in [-0.4, -0.2) is 46.0 Å². The molecular weight excluding hydrogens is 272 g/mol. The molecule has 1 aliphatic carbocycles. The molecule has 4 amide bonds. The van der Waals surface area contributed by atoms with E-state index in [9.17, 15) is 19.2 Å². The maximum absolute atomic E-state index is 11.7. The van der Waals surface area contributed by atoms with E-state index in [0.29, 0.717) is 25.8 Å². The molecule has 3 aliphatic rings. The minimum atomic E-state index is -0.251. The lowest BCUT2D eigenvalue weighted by Crippen LogP contribution is -2.45. The van der Waals surface area contributed by atoms with Crippen molar-refractivity contribution in [1.29, 1.82) is 0 Å². The summed E-state index contributed by atoms with van der Waals surface area (Å²) in [5.41, 5.74) is 0. The van der Waals surface area contributed by atoms with E-state index in [0.717, 1.165) is 19.3 Å². The smallest absolute Gasteiger partial charge is 0.253 e. The van der Waals surface area contributed by atoms with Crippen LogP contribution in [0.25, 0.3) is 0 Å². The normalized spacial score (nSPS) is 29.9. The summed E-state index contributed by atoms with van der Waals surface area (Å²) < 4.78 is 0. The number of amides is 4. The zero-order chi connectivity index (χ0) is 15.0. The highest BCUT2D eigenvalue weighted by Crippen LogP contribution is 2.31. The first-order valence-corrected chi connectivity index (χ1v) is 7.44. The van der Waals surface area contributed by atoms with E-state index in [1.807, 2.05) is 0 Å². The summed E-state index contributed by atoms with van der Waals surface area (Å²) >= 11 is 0. The lowest BCUT2D eigenvalue weighted by Gasteiger charge is -2.35. The minimum absolute atomic E-state index is 0.0999. The van der Waals surface area contributed by atoms with E-state index < -0.39 is 0 Å². The van der Waals surface area contributed by atoms with Crippen molar-refractivity contribution in [2.75, 3.05) is 6.54 Å². The van der Waals surface area contributed by atoms with Crippen LogP contribution in [0.2, 0.25) is 0 Å². The zero-order valence-corrected chi connectivity index (χ0v) is 11.8. The zero-order valence-electron chi connectivity index (χ0n) is 11.8. The molecule has 2 atom stereocenters. The molecule has 0 radical (unpaired) electrons. The van der Waals surface area contributed by atoms with Gasteiger partial charge in [-0.15, -0.1) is 0 Å². The molecule has 2 fully saturated rings. The standard InChI is InChI=1S/C15H18N2O4/c18-12-4-5-13(19)16(12)9-10-2-1-3-11(8-10)17-14(20)6-7-15(17)21/h6-7,10-11H,1-5,8-9H2. The third-order valence-electron chi connectivity index (χ3n) is 4.56. The number of likely N-dealkylation sites (tertiary alicyclic amines) is 1. The highest BCUT2D eigenvalue weighted by atomic mass is 16.2. The molecule has 0 spiro atoms. The van der Waals surface area contributed by atoms with Crippen LogP contribution in [0.15, 0.2) is 12.2 Å². The molecule has 0 bridgehead atoms. The molecule has 1 saturated carbocycles. The van der Waals surface area contributed by atoms with Crippen LogP contribution < -0.4 is 0 Å². The molecule has 0 aromatic rings. The van der Waals surface area contributed by atoms with Gasteiger partial charge in [0.1, 0.15) is 0 Å². The summed E-state index contributed by atoms with van der Waals surface area (Å²) in [6.45, 7) is 0.428. The number of nitrogens with zero attached hydrogens (tertiary/aromatic N) is 2. The molecule has 1 saturated heterocycles. The van der Waals surface area contributed by atoms with E-state index in [4.69, 9.17) is 0 Å². The summed E-state index contributed by atoms with van der Waals surface area (Å²) in [6, 6.07) is -0.105. The average molecular weight is 290 g/mol. The van der Waals surface area contributed by atoms with Gasteiger partial charge in [0.25, 0.3) is 11.8 Å². The van der Waals surface area contributed by atoms with Gasteiger partial charge in [-0.25, -0.2) is 0 Å². The molecule has 2 heterocycles. The first-order valence-electron chi connectivity index (χ1n) is 7.44. The Morgan fingerprint density at radius 2 is 1.57 bits per heavy atom. The molecule has 0 aromatic carbocycles. The highest BCUT2D eigenvalue weighted by molar-refractivity contribution is 6.13. The second-order valence-corrected chi connectivity index (χ2v) is 5.96. The number of hydrogen-bond donors (Lipinski definition) is 0. The van der Waals surface area contributed by atoms with Gasteiger partial charge in [-0.3, -0.25) is 29.0 Å². The van der Waals surface area contributed by atoms with Crippen LogP contribution in [0.3, 0.4) is 0 Å². The van der Waals surface area contributed by atoms with Gasteiger partial charge in [-0.2, -0.15) is 0 Å².